The standard InChI is InChI=1S/C24H28O5/c1-14(2)11-12-16-21(27)19(20(26)15-9-7-6-8-10-15)23-17(22(16)28-5)13-18(25)24(3,4)29-23/h6-11,18,25,27H,12-13H2,1-5H3. The number of ketones is 1. The number of phenols is 1. The molecule has 0 amide bonds. The van der Waals surface area contributed by atoms with E-state index in [9.17, 15) is 15.0 Å². The zero-order chi connectivity index (χ0) is 21.3. The van der Waals surface area contributed by atoms with Crippen LogP contribution < -0.4 is 9.47 Å². The molecule has 3 rings (SSSR count). The molecule has 0 spiro atoms. The first kappa shape index (κ1) is 20.9. The molecular weight excluding hydrogens is 368 g/mol. The third kappa shape index (κ3) is 3.87. The van der Waals surface area contributed by atoms with Crippen molar-refractivity contribution in [1.82, 2.24) is 0 Å². The zero-order valence-electron chi connectivity index (χ0n) is 17.6. The van der Waals surface area contributed by atoms with Crippen LogP contribution in [0.25, 0.3) is 0 Å². The monoisotopic (exact) mass is 396 g/mol. The van der Waals surface area contributed by atoms with Gasteiger partial charge in [0.1, 0.15) is 28.4 Å². The molecule has 0 aliphatic carbocycles. The number of aromatic hydroxyl groups is 1. The molecule has 5 heteroatoms. The normalized spacial score (nSPS) is 17.1. The first-order chi connectivity index (χ1) is 13.7. The highest BCUT2D eigenvalue weighted by Gasteiger charge is 2.41. The van der Waals surface area contributed by atoms with Crippen LogP contribution >= 0.6 is 0 Å². The highest BCUT2D eigenvalue weighted by molar-refractivity contribution is 6.13. The summed E-state index contributed by atoms with van der Waals surface area (Å²) in [6, 6.07) is 8.79. The Labute approximate surface area is 171 Å². The molecule has 1 atom stereocenters. The number of benzene rings is 2. The molecule has 1 heterocycles. The number of aliphatic hydroxyl groups excluding tert-OH is 1. The van der Waals surface area contributed by atoms with Gasteiger partial charge in [-0.25, -0.2) is 0 Å². The number of fused-ring (bicyclic) bond motifs is 1. The van der Waals surface area contributed by atoms with Gasteiger partial charge in [0.05, 0.1) is 13.2 Å². The van der Waals surface area contributed by atoms with Gasteiger partial charge in [-0.2, -0.15) is 0 Å². The molecule has 0 radical (unpaired) electrons. The molecule has 0 aromatic heterocycles. The van der Waals surface area contributed by atoms with E-state index < -0.39 is 11.7 Å². The number of methoxy groups -OCH3 is 1. The number of hydrogen-bond acceptors (Lipinski definition) is 5. The molecular formula is C24H28O5. The molecule has 0 saturated heterocycles. The lowest BCUT2D eigenvalue weighted by atomic mass is 9.85. The quantitative estimate of drug-likeness (QED) is 0.585. The van der Waals surface area contributed by atoms with E-state index in [-0.39, 0.29) is 29.3 Å². The Hall–Kier alpha value is -2.79. The Morgan fingerprint density at radius 3 is 2.52 bits per heavy atom. The number of aliphatic hydroxyl groups is 1. The van der Waals surface area contributed by atoms with Crippen molar-refractivity contribution < 1.29 is 24.5 Å². The van der Waals surface area contributed by atoms with Crippen LogP contribution in [-0.4, -0.2) is 34.8 Å². The molecule has 1 aliphatic heterocycles. The van der Waals surface area contributed by atoms with Crippen LogP contribution in [0.3, 0.4) is 0 Å². The fraction of sp³-hybridized carbons (Fsp3) is 0.375. The van der Waals surface area contributed by atoms with Gasteiger partial charge in [-0.05, 0) is 34.1 Å². The highest BCUT2D eigenvalue weighted by atomic mass is 16.5. The summed E-state index contributed by atoms with van der Waals surface area (Å²) in [6.45, 7) is 7.46. The van der Waals surface area contributed by atoms with Gasteiger partial charge >= 0.3 is 0 Å². The third-order valence-electron chi connectivity index (χ3n) is 5.32. The van der Waals surface area contributed by atoms with Gasteiger partial charge in [0.25, 0.3) is 0 Å². The minimum atomic E-state index is -0.905. The van der Waals surface area contributed by atoms with Gasteiger partial charge < -0.3 is 19.7 Å². The Bertz CT molecular complexity index is 953. The van der Waals surface area contributed by atoms with Gasteiger partial charge in [-0.15, -0.1) is 0 Å². The Kier molecular flexibility index (Phi) is 5.71. The highest BCUT2D eigenvalue weighted by Crippen LogP contribution is 2.49. The van der Waals surface area contributed by atoms with Gasteiger partial charge in [0.2, 0.25) is 5.78 Å². The van der Waals surface area contributed by atoms with Crippen molar-refractivity contribution in [1.29, 1.82) is 0 Å². The summed E-state index contributed by atoms with van der Waals surface area (Å²) >= 11 is 0. The summed E-state index contributed by atoms with van der Waals surface area (Å²) in [5.41, 5.74) is 1.87. The number of ether oxygens (including phenoxy) is 2. The SMILES string of the molecule is COc1c(CC=C(C)C)c(O)c(C(=O)c2ccccc2)c2c1CC(O)C(C)(C)O2. The molecule has 0 saturated carbocycles. The van der Waals surface area contributed by atoms with Crippen LogP contribution in [0.1, 0.15) is 54.7 Å². The minimum absolute atomic E-state index is 0.115. The molecule has 1 unspecified atom stereocenters. The van der Waals surface area contributed by atoms with Gasteiger partial charge in [0.15, 0.2) is 0 Å². The average molecular weight is 396 g/mol. The Morgan fingerprint density at radius 2 is 1.93 bits per heavy atom. The smallest absolute Gasteiger partial charge is 0.200 e. The molecule has 2 aromatic rings. The Morgan fingerprint density at radius 1 is 1.28 bits per heavy atom. The van der Waals surface area contributed by atoms with Crippen LogP contribution in [0, 0.1) is 0 Å². The molecule has 1 aliphatic rings. The Balaban J connectivity index is 2.31. The molecule has 0 bridgehead atoms. The molecule has 2 N–H and O–H groups in total. The van der Waals surface area contributed by atoms with Crippen molar-refractivity contribution in [3.63, 3.8) is 0 Å². The topological polar surface area (TPSA) is 76.0 Å². The van der Waals surface area contributed by atoms with Crippen molar-refractivity contribution in [2.75, 3.05) is 7.11 Å². The van der Waals surface area contributed by atoms with Crippen molar-refractivity contribution >= 4 is 5.78 Å². The maximum Gasteiger partial charge on any atom is 0.200 e. The molecule has 2 aromatic carbocycles. The minimum Gasteiger partial charge on any atom is -0.507 e. The van der Waals surface area contributed by atoms with Crippen LogP contribution in [0.5, 0.6) is 17.2 Å². The van der Waals surface area contributed by atoms with E-state index in [2.05, 4.69) is 0 Å². The number of carbonyl (C=O) groups excluding carboxylic acids is 1. The molecule has 0 fully saturated rings. The van der Waals surface area contributed by atoms with Gasteiger partial charge in [-0.3, -0.25) is 4.79 Å². The lowest BCUT2D eigenvalue weighted by molar-refractivity contribution is -0.0422. The number of rotatable bonds is 5. The van der Waals surface area contributed by atoms with Gasteiger partial charge in [-0.1, -0.05) is 42.0 Å². The second-order valence-corrected chi connectivity index (χ2v) is 8.15. The van der Waals surface area contributed by atoms with Crippen LogP contribution in [0.15, 0.2) is 42.0 Å². The fourth-order valence-electron chi connectivity index (χ4n) is 3.56. The molecule has 5 nitrogen and oxygen atoms in total. The number of carbonyl (C=O) groups is 1. The predicted molar refractivity (Wildman–Crippen MR) is 112 cm³/mol. The lowest BCUT2D eigenvalue weighted by Gasteiger charge is -2.39. The summed E-state index contributed by atoms with van der Waals surface area (Å²) in [7, 11) is 1.52. The summed E-state index contributed by atoms with van der Waals surface area (Å²) < 4.78 is 11.7. The maximum absolute atomic E-state index is 13.4. The van der Waals surface area contributed by atoms with Crippen LogP contribution in [0.2, 0.25) is 0 Å². The van der Waals surface area contributed by atoms with E-state index in [0.29, 0.717) is 28.9 Å². The number of phenolic OH excluding ortho intramolecular Hbond substituents is 1. The predicted octanol–water partition coefficient (Wildman–Crippen LogP) is 4.21. The number of allylic oxidation sites excluding steroid dienone is 2. The first-order valence-corrected chi connectivity index (χ1v) is 9.72. The number of hydrogen-bond donors (Lipinski definition) is 2. The average Bonchev–Trinajstić information content (AvgIpc) is 2.67. The molecule has 29 heavy (non-hydrogen) atoms. The van der Waals surface area contributed by atoms with E-state index >= 15 is 0 Å². The van der Waals surface area contributed by atoms with E-state index in [1.165, 1.54) is 7.11 Å². The van der Waals surface area contributed by atoms with E-state index in [4.69, 9.17) is 9.47 Å². The fourth-order valence-corrected chi connectivity index (χ4v) is 3.56. The second kappa shape index (κ2) is 7.91. The van der Waals surface area contributed by atoms with Gasteiger partial charge in [0, 0.05) is 23.1 Å². The summed E-state index contributed by atoms with van der Waals surface area (Å²) in [5.74, 6) is 0.269. The summed E-state index contributed by atoms with van der Waals surface area (Å²) in [6.07, 6.45) is 1.86. The second-order valence-electron chi connectivity index (χ2n) is 8.15. The molecule has 154 valence electrons. The van der Waals surface area contributed by atoms with E-state index in [0.717, 1.165) is 5.57 Å². The van der Waals surface area contributed by atoms with E-state index in [1.54, 1.807) is 38.1 Å². The van der Waals surface area contributed by atoms with E-state index in [1.807, 2.05) is 26.0 Å². The maximum atomic E-state index is 13.4. The van der Waals surface area contributed by atoms with Crippen molar-refractivity contribution in [3.05, 3.63) is 64.2 Å². The van der Waals surface area contributed by atoms with Crippen molar-refractivity contribution in [2.45, 2.75) is 52.2 Å². The van der Waals surface area contributed by atoms with Crippen LogP contribution in [0.4, 0.5) is 0 Å². The lowest BCUT2D eigenvalue weighted by Crippen LogP contribution is -2.47. The summed E-state index contributed by atoms with van der Waals surface area (Å²) in [4.78, 5) is 13.4. The summed E-state index contributed by atoms with van der Waals surface area (Å²) in [5, 5.41) is 21.8. The van der Waals surface area contributed by atoms with Crippen molar-refractivity contribution in [2.24, 2.45) is 0 Å². The van der Waals surface area contributed by atoms with Crippen molar-refractivity contribution in [3.8, 4) is 17.2 Å². The van der Waals surface area contributed by atoms with Crippen LogP contribution in [-0.2, 0) is 12.8 Å². The first-order valence-electron chi connectivity index (χ1n) is 9.72. The third-order valence-corrected chi connectivity index (χ3v) is 5.32. The largest absolute Gasteiger partial charge is 0.507 e. The zero-order valence-corrected chi connectivity index (χ0v) is 17.6.